The minimum atomic E-state index is -4.36. The van der Waals surface area contributed by atoms with Gasteiger partial charge in [0.1, 0.15) is 5.82 Å². The maximum Gasteiger partial charge on any atom is 0.416 e. The lowest BCUT2D eigenvalue weighted by Crippen LogP contribution is -2.46. The van der Waals surface area contributed by atoms with Crippen LogP contribution in [0.15, 0.2) is 33.9 Å². The maximum absolute atomic E-state index is 12.6. The second kappa shape index (κ2) is 5.90. The van der Waals surface area contributed by atoms with Gasteiger partial charge in [0.05, 0.1) is 12.1 Å². The fourth-order valence-electron chi connectivity index (χ4n) is 2.80. The number of hydrogen-bond acceptors (Lipinski definition) is 4. The van der Waals surface area contributed by atoms with E-state index in [4.69, 9.17) is 0 Å². The Morgan fingerprint density at radius 1 is 1.17 bits per heavy atom. The summed E-state index contributed by atoms with van der Waals surface area (Å²) in [4.78, 5) is 25.0. The number of nitrogens with zero attached hydrogens (tertiary/aromatic N) is 3. The third-order valence-electron chi connectivity index (χ3n) is 4.26. The van der Waals surface area contributed by atoms with Crippen LogP contribution in [0.3, 0.4) is 0 Å². The van der Waals surface area contributed by atoms with Crippen molar-refractivity contribution in [2.24, 2.45) is 0 Å². The molecule has 0 saturated carbocycles. The lowest BCUT2D eigenvalue weighted by atomic mass is 10.0. The molecule has 1 aromatic heterocycles. The summed E-state index contributed by atoms with van der Waals surface area (Å²) in [5.41, 5.74) is -1.35. The molecule has 128 valence electrons. The van der Waals surface area contributed by atoms with Crippen LogP contribution in [0.2, 0.25) is 0 Å². The quantitative estimate of drug-likeness (QED) is 0.842. The molecule has 9 heteroatoms. The largest absolute Gasteiger partial charge is 0.416 e. The fourth-order valence-corrected chi connectivity index (χ4v) is 2.80. The number of aromatic amines is 1. The van der Waals surface area contributed by atoms with Crippen LogP contribution in [0.4, 0.5) is 13.2 Å². The molecule has 0 bridgehead atoms. The fraction of sp³-hybridized carbons (Fsp3) is 0.400. The predicted octanol–water partition coefficient (Wildman–Crippen LogP) is 1.53. The molecule has 1 atom stereocenters. The zero-order chi connectivity index (χ0) is 17.5. The van der Waals surface area contributed by atoms with E-state index < -0.39 is 22.9 Å². The van der Waals surface area contributed by atoms with E-state index in [-0.39, 0.29) is 6.04 Å². The number of aromatic nitrogens is 3. The average Bonchev–Trinajstić information content (AvgIpc) is 2.56. The number of H-pyrrole nitrogens is 1. The lowest BCUT2D eigenvalue weighted by Gasteiger charge is -2.33. The Morgan fingerprint density at radius 3 is 2.46 bits per heavy atom. The molecule has 1 aromatic carbocycles. The van der Waals surface area contributed by atoms with Crippen molar-refractivity contribution in [3.05, 3.63) is 61.9 Å². The number of fused-ring (bicyclic) bond motifs is 1. The van der Waals surface area contributed by atoms with Crippen LogP contribution in [0.5, 0.6) is 0 Å². The first-order valence-corrected chi connectivity index (χ1v) is 7.37. The zero-order valence-corrected chi connectivity index (χ0v) is 12.8. The van der Waals surface area contributed by atoms with Gasteiger partial charge in [0.15, 0.2) is 0 Å². The molecule has 24 heavy (non-hydrogen) atoms. The van der Waals surface area contributed by atoms with Crippen molar-refractivity contribution in [3.8, 4) is 0 Å². The Morgan fingerprint density at radius 2 is 1.83 bits per heavy atom. The highest BCUT2D eigenvalue weighted by Crippen LogP contribution is 2.31. The van der Waals surface area contributed by atoms with Crippen molar-refractivity contribution < 1.29 is 13.2 Å². The monoisotopic (exact) mass is 340 g/mol. The Hall–Kier alpha value is -2.42. The minimum absolute atomic E-state index is 0.148. The molecule has 6 nitrogen and oxygen atoms in total. The first-order valence-electron chi connectivity index (χ1n) is 7.37. The third kappa shape index (κ3) is 2.99. The maximum atomic E-state index is 12.6. The van der Waals surface area contributed by atoms with Crippen molar-refractivity contribution in [1.82, 2.24) is 19.7 Å². The number of halogens is 3. The Balaban J connectivity index is 1.81. The van der Waals surface area contributed by atoms with Crippen LogP contribution >= 0.6 is 0 Å². The van der Waals surface area contributed by atoms with Gasteiger partial charge in [-0.2, -0.15) is 18.3 Å². The summed E-state index contributed by atoms with van der Waals surface area (Å²) in [5, 5.41) is 6.05. The van der Waals surface area contributed by atoms with Gasteiger partial charge in [-0.25, -0.2) is 5.10 Å². The van der Waals surface area contributed by atoms with Gasteiger partial charge in [-0.3, -0.25) is 19.1 Å². The highest BCUT2D eigenvalue weighted by Gasteiger charge is 2.30. The van der Waals surface area contributed by atoms with Crippen LogP contribution in [-0.2, 0) is 19.3 Å². The number of benzene rings is 1. The average molecular weight is 340 g/mol. The Bertz CT molecular complexity index is 855. The van der Waals surface area contributed by atoms with Crippen LogP contribution in [0.25, 0.3) is 0 Å². The number of hydrogen-bond donors (Lipinski definition) is 1. The van der Waals surface area contributed by atoms with E-state index in [1.165, 1.54) is 16.7 Å². The molecule has 3 rings (SSSR count). The standard InChI is InChI=1S/C15H15F3N4O2/c1-9(10-2-4-11(5-3-10)15(16,17)18)21-6-7-22-12(8-21)19-20-13(23)14(22)24/h2-5,9H,6-8H2,1H3,(H,20,23). The van der Waals surface area contributed by atoms with Crippen LogP contribution in [-0.4, -0.2) is 26.2 Å². The molecule has 0 fully saturated rings. The molecule has 0 radical (unpaired) electrons. The summed E-state index contributed by atoms with van der Waals surface area (Å²) in [5.74, 6) is 0.435. The van der Waals surface area contributed by atoms with Crippen molar-refractivity contribution >= 4 is 0 Å². The zero-order valence-electron chi connectivity index (χ0n) is 12.8. The molecule has 1 N–H and O–H groups in total. The summed E-state index contributed by atoms with van der Waals surface area (Å²) < 4.78 is 39.2. The normalized spacial score (nSPS) is 16.7. The summed E-state index contributed by atoms with van der Waals surface area (Å²) >= 11 is 0. The number of alkyl halides is 3. The van der Waals surface area contributed by atoms with Crippen LogP contribution in [0, 0.1) is 0 Å². The van der Waals surface area contributed by atoms with Gasteiger partial charge in [0, 0.05) is 19.1 Å². The molecule has 0 spiro atoms. The topological polar surface area (TPSA) is 71.0 Å². The second-order valence-corrected chi connectivity index (χ2v) is 5.69. The molecule has 0 aliphatic carbocycles. The first-order chi connectivity index (χ1) is 11.3. The third-order valence-corrected chi connectivity index (χ3v) is 4.26. The van der Waals surface area contributed by atoms with Crippen LogP contribution in [0.1, 0.15) is 29.9 Å². The van der Waals surface area contributed by atoms with Crippen molar-refractivity contribution in [2.45, 2.75) is 32.2 Å². The second-order valence-electron chi connectivity index (χ2n) is 5.69. The van der Waals surface area contributed by atoms with Gasteiger partial charge in [-0.05, 0) is 24.6 Å². The molecule has 2 aromatic rings. The van der Waals surface area contributed by atoms with E-state index in [1.807, 2.05) is 11.8 Å². The molecule has 1 aliphatic rings. The van der Waals surface area contributed by atoms with E-state index in [9.17, 15) is 22.8 Å². The van der Waals surface area contributed by atoms with Crippen molar-refractivity contribution in [1.29, 1.82) is 0 Å². The van der Waals surface area contributed by atoms with Gasteiger partial charge >= 0.3 is 17.3 Å². The van der Waals surface area contributed by atoms with Crippen molar-refractivity contribution in [3.63, 3.8) is 0 Å². The molecular weight excluding hydrogens is 325 g/mol. The van der Waals surface area contributed by atoms with E-state index in [0.29, 0.717) is 25.5 Å². The van der Waals surface area contributed by atoms with Gasteiger partial charge in [0.2, 0.25) is 0 Å². The molecule has 1 unspecified atom stereocenters. The molecule has 0 saturated heterocycles. The highest BCUT2D eigenvalue weighted by molar-refractivity contribution is 5.26. The SMILES string of the molecule is CC(c1ccc(C(F)(F)F)cc1)N1CCn2c(n[nH]c(=O)c2=O)C1. The smallest absolute Gasteiger partial charge is 0.288 e. The molecular formula is C15H15F3N4O2. The summed E-state index contributed by atoms with van der Waals surface area (Å²) in [6, 6.07) is 4.88. The summed E-state index contributed by atoms with van der Waals surface area (Å²) in [7, 11) is 0. The summed E-state index contributed by atoms with van der Waals surface area (Å²) in [6.07, 6.45) is -4.36. The summed E-state index contributed by atoms with van der Waals surface area (Å²) in [6.45, 7) is 3.02. The van der Waals surface area contributed by atoms with Gasteiger partial charge in [-0.1, -0.05) is 12.1 Å². The highest BCUT2D eigenvalue weighted by atomic mass is 19.4. The first kappa shape index (κ1) is 16.4. The van der Waals surface area contributed by atoms with E-state index in [1.54, 1.807) is 0 Å². The molecule has 2 heterocycles. The van der Waals surface area contributed by atoms with Crippen molar-refractivity contribution in [2.75, 3.05) is 6.54 Å². The Kier molecular flexibility index (Phi) is 4.04. The number of nitrogens with one attached hydrogen (secondary N) is 1. The van der Waals surface area contributed by atoms with Crippen LogP contribution < -0.4 is 11.1 Å². The lowest BCUT2D eigenvalue weighted by molar-refractivity contribution is -0.137. The van der Waals surface area contributed by atoms with Gasteiger partial charge in [0.25, 0.3) is 0 Å². The minimum Gasteiger partial charge on any atom is -0.288 e. The van der Waals surface area contributed by atoms with E-state index >= 15 is 0 Å². The van der Waals surface area contributed by atoms with Gasteiger partial charge in [-0.15, -0.1) is 0 Å². The molecule has 1 aliphatic heterocycles. The Labute approximate surface area is 134 Å². The van der Waals surface area contributed by atoms with E-state index in [0.717, 1.165) is 17.7 Å². The predicted molar refractivity (Wildman–Crippen MR) is 79.4 cm³/mol. The molecule has 0 amide bonds. The van der Waals surface area contributed by atoms with Gasteiger partial charge < -0.3 is 0 Å². The number of rotatable bonds is 2. The van der Waals surface area contributed by atoms with E-state index in [2.05, 4.69) is 10.2 Å².